The quantitative estimate of drug-likeness (QED) is 0.648. The minimum absolute atomic E-state index is 0.718. The Morgan fingerprint density at radius 3 is 2.47 bits per heavy atom. The zero-order chi connectivity index (χ0) is 11.9. The summed E-state index contributed by atoms with van der Waals surface area (Å²) < 4.78 is 5.23. The number of benzene rings is 1. The van der Waals surface area contributed by atoms with Crippen LogP contribution in [0, 0.1) is 23.8 Å². The first-order chi connectivity index (χ1) is 8.34. The van der Waals surface area contributed by atoms with Crippen LogP contribution in [0.15, 0.2) is 24.3 Å². The van der Waals surface area contributed by atoms with E-state index in [4.69, 9.17) is 16.3 Å². The summed E-state index contributed by atoms with van der Waals surface area (Å²) in [7, 11) is 0. The van der Waals surface area contributed by atoms with Crippen molar-refractivity contribution in [3.05, 3.63) is 34.9 Å². The van der Waals surface area contributed by atoms with Crippen LogP contribution in [0.1, 0.15) is 5.56 Å². The van der Waals surface area contributed by atoms with Gasteiger partial charge in [-0.1, -0.05) is 17.5 Å². The van der Waals surface area contributed by atoms with Crippen LogP contribution in [0.4, 0.5) is 0 Å². The minimum Gasteiger partial charge on any atom is -0.378 e. The summed E-state index contributed by atoms with van der Waals surface area (Å²) in [5.41, 5.74) is 0.922. The monoisotopic (exact) mass is 245 g/mol. The standard InChI is InChI=1S/C14H12ClNO/c15-14-6-4-13(5-7-14)3-1-2-8-16-9-11-17-12-10-16/h4-7H,9-12H2. The lowest BCUT2D eigenvalue weighted by Gasteiger charge is -2.22. The molecule has 0 radical (unpaired) electrons. The molecule has 2 nitrogen and oxygen atoms in total. The van der Waals surface area contributed by atoms with Gasteiger partial charge in [0.15, 0.2) is 0 Å². The predicted octanol–water partition coefficient (Wildman–Crippen LogP) is 1.98. The van der Waals surface area contributed by atoms with E-state index in [0.29, 0.717) is 0 Å². The van der Waals surface area contributed by atoms with Crippen LogP contribution in [-0.2, 0) is 4.74 Å². The molecule has 1 saturated heterocycles. The largest absolute Gasteiger partial charge is 0.378 e. The van der Waals surface area contributed by atoms with Crippen LogP contribution >= 0.6 is 11.6 Å². The lowest BCUT2D eigenvalue weighted by molar-refractivity contribution is 0.0638. The Morgan fingerprint density at radius 1 is 1.06 bits per heavy atom. The van der Waals surface area contributed by atoms with Crippen LogP contribution in [0.3, 0.4) is 0 Å². The third kappa shape index (κ3) is 4.04. The molecular formula is C14H12ClNO. The van der Waals surface area contributed by atoms with E-state index < -0.39 is 0 Å². The molecule has 2 rings (SSSR count). The van der Waals surface area contributed by atoms with E-state index in [0.717, 1.165) is 36.9 Å². The van der Waals surface area contributed by atoms with Crippen LogP contribution in [0.5, 0.6) is 0 Å². The summed E-state index contributed by atoms with van der Waals surface area (Å²) in [5, 5.41) is 0.718. The molecule has 0 atom stereocenters. The molecule has 0 N–H and O–H groups in total. The number of morpholine rings is 1. The van der Waals surface area contributed by atoms with E-state index >= 15 is 0 Å². The van der Waals surface area contributed by atoms with Crippen molar-refractivity contribution in [2.45, 2.75) is 0 Å². The second-order valence-corrected chi connectivity index (χ2v) is 4.03. The summed E-state index contributed by atoms with van der Waals surface area (Å²) in [4.78, 5) is 2.03. The first kappa shape index (κ1) is 11.9. The van der Waals surface area contributed by atoms with E-state index in [-0.39, 0.29) is 0 Å². The van der Waals surface area contributed by atoms with Gasteiger partial charge in [-0.05, 0) is 30.2 Å². The molecule has 1 aromatic rings. The number of ether oxygens (including phenoxy) is 1. The Bertz CT molecular complexity index is 481. The third-order valence-electron chi connectivity index (χ3n) is 2.34. The lowest BCUT2D eigenvalue weighted by atomic mass is 10.2. The summed E-state index contributed by atoms with van der Waals surface area (Å²) in [5.74, 6) is 8.65. The average molecular weight is 246 g/mol. The fourth-order valence-corrected chi connectivity index (χ4v) is 1.54. The highest BCUT2D eigenvalue weighted by atomic mass is 35.5. The van der Waals surface area contributed by atoms with Gasteiger partial charge < -0.3 is 9.64 Å². The number of nitrogens with zero attached hydrogens (tertiary/aromatic N) is 1. The zero-order valence-electron chi connectivity index (χ0n) is 9.37. The molecule has 1 aromatic carbocycles. The normalized spacial score (nSPS) is 14.3. The molecule has 0 aliphatic carbocycles. The van der Waals surface area contributed by atoms with Gasteiger partial charge >= 0.3 is 0 Å². The van der Waals surface area contributed by atoms with Gasteiger partial charge in [0, 0.05) is 35.6 Å². The van der Waals surface area contributed by atoms with Gasteiger partial charge in [-0.3, -0.25) is 0 Å². The Hall–Kier alpha value is -1.61. The molecule has 0 bridgehead atoms. The smallest absolute Gasteiger partial charge is 0.0649 e. The predicted molar refractivity (Wildman–Crippen MR) is 68.5 cm³/mol. The van der Waals surface area contributed by atoms with Gasteiger partial charge in [0.25, 0.3) is 0 Å². The van der Waals surface area contributed by atoms with Gasteiger partial charge in [0.2, 0.25) is 0 Å². The molecule has 0 aromatic heterocycles. The molecule has 1 fully saturated rings. The Kier molecular flexibility index (Phi) is 4.33. The van der Waals surface area contributed by atoms with Crippen LogP contribution in [0.2, 0.25) is 5.02 Å². The van der Waals surface area contributed by atoms with E-state index in [1.54, 1.807) is 0 Å². The topological polar surface area (TPSA) is 12.5 Å². The molecule has 1 heterocycles. The molecule has 1 aliphatic heterocycles. The van der Waals surface area contributed by atoms with E-state index in [9.17, 15) is 0 Å². The number of halogens is 1. The van der Waals surface area contributed by atoms with Gasteiger partial charge in [-0.25, -0.2) is 0 Å². The average Bonchev–Trinajstić information content (AvgIpc) is 2.38. The van der Waals surface area contributed by atoms with Crippen molar-refractivity contribution in [3.63, 3.8) is 0 Å². The highest BCUT2D eigenvalue weighted by Gasteiger charge is 2.04. The molecular weight excluding hydrogens is 234 g/mol. The van der Waals surface area contributed by atoms with Crippen molar-refractivity contribution in [2.75, 3.05) is 26.3 Å². The van der Waals surface area contributed by atoms with Crippen LogP contribution in [-0.4, -0.2) is 31.2 Å². The first-order valence-corrected chi connectivity index (χ1v) is 5.82. The summed E-state index contributed by atoms with van der Waals surface area (Å²) in [6.07, 6.45) is 0. The SMILES string of the molecule is Clc1ccc(C#CC#CN2CCOCC2)cc1. The fraction of sp³-hybridized carbons (Fsp3) is 0.286. The zero-order valence-corrected chi connectivity index (χ0v) is 10.1. The van der Waals surface area contributed by atoms with Gasteiger partial charge in [0.1, 0.15) is 0 Å². The highest BCUT2D eigenvalue weighted by Crippen LogP contribution is 2.08. The van der Waals surface area contributed by atoms with E-state index in [1.165, 1.54) is 0 Å². The Morgan fingerprint density at radius 2 is 1.76 bits per heavy atom. The second-order valence-electron chi connectivity index (χ2n) is 3.59. The van der Waals surface area contributed by atoms with Crippen LogP contribution < -0.4 is 0 Å². The van der Waals surface area contributed by atoms with Gasteiger partial charge in [0.05, 0.1) is 13.2 Å². The molecule has 1 aliphatic rings. The summed E-state index contributed by atoms with van der Waals surface area (Å²) in [6, 6.07) is 10.4. The van der Waals surface area contributed by atoms with Crippen molar-refractivity contribution in [3.8, 4) is 23.8 Å². The maximum atomic E-state index is 5.78. The summed E-state index contributed by atoms with van der Waals surface area (Å²) in [6.45, 7) is 3.21. The fourth-order valence-electron chi connectivity index (χ4n) is 1.42. The third-order valence-corrected chi connectivity index (χ3v) is 2.59. The van der Waals surface area contributed by atoms with E-state index in [1.807, 2.05) is 29.2 Å². The minimum atomic E-state index is 0.718. The summed E-state index contributed by atoms with van der Waals surface area (Å²) >= 11 is 5.78. The van der Waals surface area contributed by atoms with Crippen molar-refractivity contribution in [1.82, 2.24) is 4.90 Å². The Labute approximate surface area is 107 Å². The van der Waals surface area contributed by atoms with E-state index in [2.05, 4.69) is 23.8 Å². The maximum absolute atomic E-state index is 5.78. The molecule has 86 valence electrons. The number of rotatable bonds is 0. The molecule has 17 heavy (non-hydrogen) atoms. The molecule has 0 unspecified atom stereocenters. The van der Waals surface area contributed by atoms with Crippen molar-refractivity contribution < 1.29 is 4.74 Å². The lowest BCUT2D eigenvalue weighted by Crippen LogP contribution is -2.32. The van der Waals surface area contributed by atoms with Crippen LogP contribution in [0.25, 0.3) is 0 Å². The molecule has 0 amide bonds. The maximum Gasteiger partial charge on any atom is 0.0649 e. The first-order valence-electron chi connectivity index (χ1n) is 5.44. The highest BCUT2D eigenvalue weighted by molar-refractivity contribution is 6.30. The van der Waals surface area contributed by atoms with Crippen molar-refractivity contribution in [1.29, 1.82) is 0 Å². The number of hydrogen-bond donors (Lipinski definition) is 0. The number of hydrogen-bond acceptors (Lipinski definition) is 2. The van der Waals surface area contributed by atoms with Crippen molar-refractivity contribution in [2.24, 2.45) is 0 Å². The molecule has 0 saturated carbocycles. The molecule has 0 spiro atoms. The van der Waals surface area contributed by atoms with Crippen molar-refractivity contribution >= 4 is 11.6 Å². The van der Waals surface area contributed by atoms with Gasteiger partial charge in [-0.2, -0.15) is 0 Å². The second kappa shape index (κ2) is 6.21. The molecule has 3 heteroatoms. The Balaban J connectivity index is 1.93. The van der Waals surface area contributed by atoms with Gasteiger partial charge in [-0.15, -0.1) is 0 Å².